The number of hydrogen-bond donors (Lipinski definition) is 4. The number of halogens is 1. The second kappa shape index (κ2) is 5.69. The quantitative estimate of drug-likeness (QED) is 0.586. The number of amides is 1. The van der Waals surface area contributed by atoms with Crippen molar-refractivity contribution in [2.45, 2.75) is 12.6 Å². The van der Waals surface area contributed by atoms with Crippen molar-refractivity contribution in [3.63, 3.8) is 0 Å². The molecule has 1 unspecified atom stereocenters. The lowest BCUT2D eigenvalue weighted by Crippen LogP contribution is -2.37. The van der Waals surface area contributed by atoms with E-state index in [1.54, 1.807) is 18.2 Å². The van der Waals surface area contributed by atoms with Crippen LogP contribution >= 0.6 is 11.6 Å². The van der Waals surface area contributed by atoms with Gasteiger partial charge in [-0.2, -0.15) is 0 Å². The molecule has 0 bridgehead atoms. The molecule has 5 N–H and O–H groups in total. The number of carbonyl (C=O) groups is 1. The zero-order chi connectivity index (χ0) is 12.1. The van der Waals surface area contributed by atoms with Gasteiger partial charge in [-0.05, 0) is 6.07 Å². The highest BCUT2D eigenvalue weighted by Crippen LogP contribution is 2.26. The van der Waals surface area contributed by atoms with Crippen molar-refractivity contribution < 1.29 is 15.0 Å². The van der Waals surface area contributed by atoms with E-state index in [4.69, 9.17) is 22.4 Å². The van der Waals surface area contributed by atoms with Crippen molar-refractivity contribution >= 4 is 17.5 Å². The normalized spacial score (nSPS) is 12.4. The van der Waals surface area contributed by atoms with E-state index in [9.17, 15) is 9.90 Å². The minimum Gasteiger partial charge on any atom is -0.506 e. The number of benzene rings is 1. The molecule has 6 heteroatoms. The van der Waals surface area contributed by atoms with Crippen LogP contribution in [0, 0.1) is 0 Å². The number of para-hydroxylation sites is 1. The maximum atomic E-state index is 10.5. The summed E-state index contributed by atoms with van der Waals surface area (Å²) in [6.45, 7) is 0.317. The first kappa shape index (κ1) is 12.8. The minimum absolute atomic E-state index is 0.00904. The van der Waals surface area contributed by atoms with Gasteiger partial charge in [0, 0.05) is 18.7 Å². The number of nitrogens with one attached hydrogen (secondary N) is 1. The number of aliphatic hydroxyl groups is 1. The van der Waals surface area contributed by atoms with Crippen LogP contribution < -0.4 is 11.1 Å². The van der Waals surface area contributed by atoms with Crippen LogP contribution in [0.15, 0.2) is 18.2 Å². The van der Waals surface area contributed by atoms with E-state index in [1.807, 2.05) is 0 Å². The Morgan fingerprint density at radius 2 is 2.25 bits per heavy atom. The van der Waals surface area contributed by atoms with Gasteiger partial charge < -0.3 is 21.3 Å². The van der Waals surface area contributed by atoms with Gasteiger partial charge in [-0.15, -0.1) is 0 Å². The van der Waals surface area contributed by atoms with Crippen LogP contribution in [0.2, 0.25) is 5.02 Å². The lowest BCUT2D eigenvalue weighted by molar-refractivity contribution is -0.125. The molecule has 1 amide bonds. The summed E-state index contributed by atoms with van der Waals surface area (Å²) in [5.41, 5.74) is 5.46. The summed E-state index contributed by atoms with van der Waals surface area (Å²) >= 11 is 5.70. The highest BCUT2D eigenvalue weighted by atomic mass is 35.5. The fourth-order valence-electron chi connectivity index (χ4n) is 1.15. The van der Waals surface area contributed by atoms with Crippen molar-refractivity contribution in [3.8, 4) is 5.75 Å². The number of phenols is 1. The Hall–Kier alpha value is -1.30. The molecular weight excluding hydrogens is 232 g/mol. The first-order valence-corrected chi connectivity index (χ1v) is 5.04. The van der Waals surface area contributed by atoms with Crippen LogP contribution in [0.1, 0.15) is 5.56 Å². The SMILES string of the molecule is NC(=O)C(O)CNCc1cccc(Cl)c1O. The first-order chi connectivity index (χ1) is 7.52. The molecule has 1 aromatic rings. The van der Waals surface area contributed by atoms with E-state index in [0.29, 0.717) is 5.56 Å². The van der Waals surface area contributed by atoms with Gasteiger partial charge in [0.25, 0.3) is 0 Å². The van der Waals surface area contributed by atoms with E-state index >= 15 is 0 Å². The summed E-state index contributed by atoms with van der Waals surface area (Å²) in [7, 11) is 0. The van der Waals surface area contributed by atoms with Crippen molar-refractivity contribution in [2.75, 3.05) is 6.54 Å². The van der Waals surface area contributed by atoms with Crippen LogP contribution in [0.3, 0.4) is 0 Å². The summed E-state index contributed by atoms with van der Waals surface area (Å²) in [5.74, 6) is -0.798. The Balaban J connectivity index is 2.49. The predicted molar refractivity (Wildman–Crippen MR) is 60.0 cm³/mol. The standard InChI is InChI=1S/C10H13ClN2O3/c11-7-3-1-2-6(9(7)15)4-13-5-8(14)10(12)16/h1-3,8,13-15H,4-5H2,(H2,12,16). The summed E-state index contributed by atoms with van der Waals surface area (Å²) in [4.78, 5) is 10.5. The molecule has 0 radical (unpaired) electrons. The molecule has 1 rings (SSSR count). The minimum atomic E-state index is -1.23. The molecule has 1 atom stereocenters. The van der Waals surface area contributed by atoms with E-state index in [1.165, 1.54) is 0 Å². The van der Waals surface area contributed by atoms with Gasteiger partial charge in [0.2, 0.25) is 5.91 Å². The third-order valence-corrected chi connectivity index (χ3v) is 2.36. The molecule has 0 aliphatic heterocycles. The second-order valence-electron chi connectivity index (χ2n) is 3.30. The van der Waals surface area contributed by atoms with E-state index in [2.05, 4.69) is 5.32 Å². The largest absolute Gasteiger partial charge is 0.506 e. The van der Waals surface area contributed by atoms with Gasteiger partial charge >= 0.3 is 0 Å². The Morgan fingerprint density at radius 1 is 1.56 bits per heavy atom. The van der Waals surface area contributed by atoms with Crippen molar-refractivity contribution in [1.29, 1.82) is 0 Å². The van der Waals surface area contributed by atoms with Gasteiger partial charge in [-0.25, -0.2) is 0 Å². The van der Waals surface area contributed by atoms with Crippen LogP contribution in [0.25, 0.3) is 0 Å². The maximum absolute atomic E-state index is 10.5. The monoisotopic (exact) mass is 244 g/mol. The lowest BCUT2D eigenvalue weighted by atomic mass is 10.2. The summed E-state index contributed by atoms with van der Waals surface area (Å²) in [6.07, 6.45) is -1.23. The molecule has 0 saturated carbocycles. The number of rotatable bonds is 5. The molecule has 0 aromatic heterocycles. The number of nitrogens with two attached hydrogens (primary N) is 1. The third-order valence-electron chi connectivity index (χ3n) is 2.05. The van der Waals surface area contributed by atoms with Crippen LogP contribution in [0.5, 0.6) is 5.75 Å². The molecule has 0 spiro atoms. The van der Waals surface area contributed by atoms with Gasteiger partial charge in [0.1, 0.15) is 11.9 Å². The maximum Gasteiger partial charge on any atom is 0.247 e. The highest BCUT2D eigenvalue weighted by Gasteiger charge is 2.10. The zero-order valence-corrected chi connectivity index (χ0v) is 9.24. The Morgan fingerprint density at radius 3 is 2.88 bits per heavy atom. The van der Waals surface area contributed by atoms with Gasteiger partial charge in [-0.1, -0.05) is 23.7 Å². The topological polar surface area (TPSA) is 95.6 Å². The number of aromatic hydroxyl groups is 1. The molecule has 16 heavy (non-hydrogen) atoms. The average Bonchev–Trinajstić information content (AvgIpc) is 2.24. The Bertz CT molecular complexity index is 384. The van der Waals surface area contributed by atoms with Gasteiger partial charge in [-0.3, -0.25) is 4.79 Å². The number of phenolic OH excluding ortho intramolecular Hbond substituents is 1. The fourth-order valence-corrected chi connectivity index (χ4v) is 1.34. The van der Waals surface area contributed by atoms with Crippen LogP contribution in [-0.4, -0.2) is 28.8 Å². The summed E-state index contributed by atoms with van der Waals surface area (Å²) in [5, 5.41) is 21.7. The van der Waals surface area contributed by atoms with Gasteiger partial charge in [0.05, 0.1) is 5.02 Å². The van der Waals surface area contributed by atoms with Crippen LogP contribution in [0.4, 0.5) is 0 Å². The lowest BCUT2D eigenvalue weighted by Gasteiger charge is -2.09. The number of hydrogen-bond acceptors (Lipinski definition) is 4. The first-order valence-electron chi connectivity index (χ1n) is 4.67. The fraction of sp³-hybridized carbons (Fsp3) is 0.300. The van der Waals surface area contributed by atoms with E-state index < -0.39 is 12.0 Å². The molecule has 0 aliphatic rings. The average molecular weight is 245 g/mol. The van der Waals surface area contributed by atoms with E-state index in [0.717, 1.165) is 0 Å². The molecule has 0 fully saturated rings. The molecule has 0 heterocycles. The zero-order valence-electron chi connectivity index (χ0n) is 8.48. The van der Waals surface area contributed by atoms with Crippen LogP contribution in [-0.2, 0) is 11.3 Å². The Labute approximate surface area is 97.8 Å². The molecule has 0 saturated heterocycles. The van der Waals surface area contributed by atoms with Crippen molar-refractivity contribution in [2.24, 2.45) is 5.73 Å². The number of primary amides is 1. The van der Waals surface area contributed by atoms with Gasteiger partial charge in [0.15, 0.2) is 0 Å². The van der Waals surface area contributed by atoms with E-state index in [-0.39, 0.29) is 23.9 Å². The highest BCUT2D eigenvalue weighted by molar-refractivity contribution is 6.32. The third kappa shape index (κ3) is 3.37. The summed E-state index contributed by atoms with van der Waals surface area (Å²) in [6, 6.07) is 4.95. The molecule has 0 aliphatic carbocycles. The Kier molecular flexibility index (Phi) is 4.54. The molecule has 1 aromatic carbocycles. The predicted octanol–water partition coefficient (Wildman–Crippen LogP) is -0.0186. The molecule has 88 valence electrons. The molecule has 5 nitrogen and oxygen atoms in total. The molecular formula is C10H13ClN2O3. The summed E-state index contributed by atoms with van der Waals surface area (Å²) < 4.78 is 0. The number of carbonyl (C=O) groups excluding carboxylic acids is 1. The smallest absolute Gasteiger partial charge is 0.247 e. The van der Waals surface area contributed by atoms with Crippen molar-refractivity contribution in [3.05, 3.63) is 28.8 Å². The second-order valence-corrected chi connectivity index (χ2v) is 3.70. The van der Waals surface area contributed by atoms with Crippen molar-refractivity contribution in [1.82, 2.24) is 5.32 Å². The number of aliphatic hydroxyl groups excluding tert-OH is 1.